The number of carbonyl (C=O) groups is 2. The Bertz CT molecular complexity index is 522. The van der Waals surface area contributed by atoms with E-state index in [2.05, 4.69) is 5.32 Å². The molecular formula is C12H11ClFNO4. The molecule has 7 heteroatoms. The molecule has 2 unspecified atom stereocenters. The average molecular weight is 288 g/mol. The fourth-order valence-electron chi connectivity index (χ4n) is 1.83. The SMILES string of the molecule is O=C(O)C1CCC(C(=O)Nc2cccc(Cl)c2F)O1. The Balaban J connectivity index is 2.02. The van der Waals surface area contributed by atoms with Crippen molar-refractivity contribution in [3.05, 3.63) is 29.0 Å². The van der Waals surface area contributed by atoms with E-state index < -0.39 is 29.9 Å². The number of hydrogen-bond acceptors (Lipinski definition) is 3. The van der Waals surface area contributed by atoms with Crippen LogP contribution in [0.5, 0.6) is 0 Å². The number of rotatable bonds is 3. The van der Waals surface area contributed by atoms with E-state index in [1.165, 1.54) is 18.2 Å². The monoisotopic (exact) mass is 287 g/mol. The van der Waals surface area contributed by atoms with Crippen molar-refractivity contribution in [3.63, 3.8) is 0 Å². The zero-order chi connectivity index (χ0) is 14.0. The number of amides is 1. The third-order valence-corrected chi connectivity index (χ3v) is 3.09. The van der Waals surface area contributed by atoms with Gasteiger partial charge in [0.1, 0.15) is 6.10 Å². The number of aliphatic carboxylic acids is 1. The Morgan fingerprint density at radius 2 is 2.05 bits per heavy atom. The molecule has 2 rings (SSSR count). The average Bonchev–Trinajstić information content (AvgIpc) is 2.84. The summed E-state index contributed by atoms with van der Waals surface area (Å²) in [5.41, 5.74) is -0.0557. The minimum Gasteiger partial charge on any atom is -0.479 e. The molecule has 19 heavy (non-hydrogen) atoms. The number of benzene rings is 1. The molecule has 1 aliphatic heterocycles. The number of ether oxygens (including phenoxy) is 1. The summed E-state index contributed by atoms with van der Waals surface area (Å²) in [7, 11) is 0. The minimum absolute atomic E-state index is 0.0557. The molecule has 1 aromatic carbocycles. The summed E-state index contributed by atoms with van der Waals surface area (Å²) in [6.45, 7) is 0. The molecule has 1 heterocycles. The zero-order valence-electron chi connectivity index (χ0n) is 9.73. The molecular weight excluding hydrogens is 277 g/mol. The highest BCUT2D eigenvalue weighted by molar-refractivity contribution is 6.31. The standard InChI is InChI=1S/C12H11ClFNO4/c13-6-2-1-3-7(10(6)14)15-11(16)8-4-5-9(19-8)12(17)18/h1-3,8-9H,4-5H2,(H,15,16)(H,17,18). The Morgan fingerprint density at radius 3 is 2.68 bits per heavy atom. The number of anilines is 1. The van der Waals surface area contributed by atoms with Crippen LogP contribution in [0.3, 0.4) is 0 Å². The van der Waals surface area contributed by atoms with Gasteiger partial charge in [0.15, 0.2) is 11.9 Å². The Morgan fingerprint density at radius 1 is 1.37 bits per heavy atom. The van der Waals surface area contributed by atoms with Gasteiger partial charge >= 0.3 is 5.97 Å². The van der Waals surface area contributed by atoms with Crippen LogP contribution in [0.25, 0.3) is 0 Å². The quantitative estimate of drug-likeness (QED) is 0.892. The molecule has 0 aliphatic carbocycles. The number of carbonyl (C=O) groups excluding carboxylic acids is 1. The summed E-state index contributed by atoms with van der Waals surface area (Å²) in [6, 6.07) is 4.22. The predicted octanol–water partition coefficient (Wildman–Crippen LogP) is 2.05. The zero-order valence-corrected chi connectivity index (χ0v) is 10.5. The lowest BCUT2D eigenvalue weighted by atomic mass is 10.2. The van der Waals surface area contributed by atoms with E-state index in [0.717, 1.165) is 0 Å². The summed E-state index contributed by atoms with van der Waals surface area (Å²) in [5.74, 6) is -2.42. The van der Waals surface area contributed by atoms with Gasteiger partial charge in [-0.15, -0.1) is 0 Å². The molecule has 1 aromatic rings. The molecule has 2 atom stereocenters. The topological polar surface area (TPSA) is 75.6 Å². The molecule has 1 amide bonds. The molecule has 0 aromatic heterocycles. The van der Waals surface area contributed by atoms with E-state index in [-0.39, 0.29) is 23.6 Å². The second-order valence-corrected chi connectivity index (χ2v) is 4.53. The molecule has 0 radical (unpaired) electrons. The molecule has 0 saturated carbocycles. The van der Waals surface area contributed by atoms with Crippen molar-refractivity contribution >= 4 is 29.2 Å². The highest BCUT2D eigenvalue weighted by atomic mass is 35.5. The molecule has 0 spiro atoms. The van der Waals surface area contributed by atoms with Crippen molar-refractivity contribution in [3.8, 4) is 0 Å². The van der Waals surface area contributed by atoms with Crippen LogP contribution >= 0.6 is 11.6 Å². The van der Waals surface area contributed by atoms with E-state index in [1.807, 2.05) is 0 Å². The van der Waals surface area contributed by atoms with E-state index in [1.54, 1.807) is 0 Å². The van der Waals surface area contributed by atoms with E-state index in [9.17, 15) is 14.0 Å². The third-order valence-electron chi connectivity index (χ3n) is 2.80. The summed E-state index contributed by atoms with van der Waals surface area (Å²) in [4.78, 5) is 22.5. The van der Waals surface area contributed by atoms with Gasteiger partial charge < -0.3 is 15.2 Å². The molecule has 5 nitrogen and oxygen atoms in total. The van der Waals surface area contributed by atoms with Gasteiger partial charge in [-0.2, -0.15) is 0 Å². The Hall–Kier alpha value is -1.66. The lowest BCUT2D eigenvalue weighted by Crippen LogP contribution is -2.30. The van der Waals surface area contributed by atoms with Crippen molar-refractivity contribution < 1.29 is 23.8 Å². The maximum atomic E-state index is 13.6. The van der Waals surface area contributed by atoms with E-state index in [0.29, 0.717) is 0 Å². The molecule has 1 saturated heterocycles. The molecule has 1 fully saturated rings. The number of carboxylic acids is 1. The first-order valence-electron chi connectivity index (χ1n) is 5.62. The molecule has 2 N–H and O–H groups in total. The van der Waals surface area contributed by atoms with Crippen LogP contribution in [0.15, 0.2) is 18.2 Å². The first kappa shape index (κ1) is 13.8. The largest absolute Gasteiger partial charge is 0.479 e. The summed E-state index contributed by atoms with van der Waals surface area (Å²) >= 11 is 5.59. The first-order chi connectivity index (χ1) is 8.99. The number of nitrogens with one attached hydrogen (secondary N) is 1. The third kappa shape index (κ3) is 3.02. The van der Waals surface area contributed by atoms with Crippen LogP contribution in [-0.4, -0.2) is 29.2 Å². The minimum atomic E-state index is -1.11. The van der Waals surface area contributed by atoms with E-state index >= 15 is 0 Å². The predicted molar refractivity (Wildman–Crippen MR) is 65.6 cm³/mol. The highest BCUT2D eigenvalue weighted by Gasteiger charge is 2.34. The van der Waals surface area contributed by atoms with Crippen LogP contribution < -0.4 is 5.32 Å². The van der Waals surface area contributed by atoms with Crippen molar-refractivity contribution in [1.29, 1.82) is 0 Å². The second kappa shape index (κ2) is 5.54. The van der Waals surface area contributed by atoms with Crippen molar-refractivity contribution in [2.45, 2.75) is 25.0 Å². The maximum absolute atomic E-state index is 13.6. The van der Waals surface area contributed by atoms with Gasteiger partial charge in [0.2, 0.25) is 0 Å². The number of carboxylic acid groups (broad SMARTS) is 1. The smallest absolute Gasteiger partial charge is 0.332 e. The Kier molecular flexibility index (Phi) is 4.01. The molecule has 102 valence electrons. The summed E-state index contributed by atoms with van der Waals surface area (Å²) < 4.78 is 18.6. The lowest BCUT2D eigenvalue weighted by Gasteiger charge is -2.12. The summed E-state index contributed by atoms with van der Waals surface area (Å²) in [6.07, 6.45) is -1.34. The Labute approximate surface area is 113 Å². The van der Waals surface area contributed by atoms with Crippen molar-refractivity contribution in [2.24, 2.45) is 0 Å². The van der Waals surface area contributed by atoms with Gasteiger partial charge in [-0.3, -0.25) is 4.79 Å². The van der Waals surface area contributed by atoms with Gasteiger partial charge in [0, 0.05) is 0 Å². The lowest BCUT2D eigenvalue weighted by molar-refractivity contribution is -0.150. The number of halogens is 2. The second-order valence-electron chi connectivity index (χ2n) is 4.12. The van der Waals surface area contributed by atoms with Gasteiger partial charge in [0.25, 0.3) is 5.91 Å². The van der Waals surface area contributed by atoms with Crippen LogP contribution in [0.2, 0.25) is 5.02 Å². The van der Waals surface area contributed by atoms with Crippen LogP contribution in [-0.2, 0) is 14.3 Å². The first-order valence-corrected chi connectivity index (χ1v) is 6.00. The van der Waals surface area contributed by atoms with Gasteiger partial charge in [-0.25, -0.2) is 9.18 Å². The van der Waals surface area contributed by atoms with Gasteiger partial charge in [-0.1, -0.05) is 17.7 Å². The van der Waals surface area contributed by atoms with Crippen LogP contribution in [0, 0.1) is 5.82 Å². The molecule has 0 bridgehead atoms. The molecule has 1 aliphatic rings. The van der Waals surface area contributed by atoms with Crippen molar-refractivity contribution in [1.82, 2.24) is 0 Å². The van der Waals surface area contributed by atoms with Crippen LogP contribution in [0.4, 0.5) is 10.1 Å². The fraction of sp³-hybridized carbons (Fsp3) is 0.333. The van der Waals surface area contributed by atoms with Gasteiger partial charge in [0.05, 0.1) is 10.7 Å². The maximum Gasteiger partial charge on any atom is 0.332 e. The number of hydrogen-bond donors (Lipinski definition) is 2. The summed E-state index contributed by atoms with van der Waals surface area (Å²) in [5, 5.41) is 11.0. The van der Waals surface area contributed by atoms with Crippen molar-refractivity contribution in [2.75, 3.05) is 5.32 Å². The fourth-order valence-corrected chi connectivity index (χ4v) is 2.00. The highest BCUT2D eigenvalue weighted by Crippen LogP contribution is 2.25. The van der Waals surface area contributed by atoms with Gasteiger partial charge in [-0.05, 0) is 25.0 Å². The normalized spacial score (nSPS) is 22.2. The van der Waals surface area contributed by atoms with Crippen LogP contribution in [0.1, 0.15) is 12.8 Å². The van der Waals surface area contributed by atoms with E-state index in [4.69, 9.17) is 21.4 Å².